The van der Waals surface area contributed by atoms with Crippen LogP contribution in [-0.4, -0.2) is 73.7 Å². The van der Waals surface area contributed by atoms with E-state index in [0.717, 1.165) is 11.5 Å². The first-order valence-corrected chi connectivity index (χ1v) is 11.8. The molecular formula is C18H25N3O4S2. The molecule has 0 bridgehead atoms. The van der Waals surface area contributed by atoms with Gasteiger partial charge in [0.25, 0.3) is 0 Å². The summed E-state index contributed by atoms with van der Waals surface area (Å²) in [5, 5.41) is 2.70. The molecule has 2 aliphatic rings. The van der Waals surface area contributed by atoms with Crippen LogP contribution in [0.5, 0.6) is 0 Å². The average Bonchev–Trinajstić information content (AvgIpc) is 2.73. The summed E-state index contributed by atoms with van der Waals surface area (Å²) in [6.07, 6.45) is 1.25. The van der Waals surface area contributed by atoms with Crippen LogP contribution in [-0.2, 0) is 19.6 Å². The van der Waals surface area contributed by atoms with E-state index in [0.29, 0.717) is 32.5 Å². The number of nitrogens with zero attached hydrogens (tertiary/aromatic N) is 2. The highest BCUT2D eigenvalue weighted by atomic mass is 32.2. The van der Waals surface area contributed by atoms with Crippen molar-refractivity contribution < 1.29 is 18.0 Å². The maximum atomic E-state index is 12.8. The van der Waals surface area contributed by atoms with E-state index in [1.54, 1.807) is 35.2 Å². The number of carbonyl (C=O) groups is 2. The number of benzene rings is 1. The number of carbonyl (C=O) groups excluding carboxylic acids is 2. The molecule has 9 heteroatoms. The zero-order chi connectivity index (χ0) is 19.3. The molecule has 2 aliphatic heterocycles. The third kappa shape index (κ3) is 5.03. The molecule has 2 heterocycles. The van der Waals surface area contributed by atoms with Crippen molar-refractivity contribution in [2.24, 2.45) is 5.92 Å². The van der Waals surface area contributed by atoms with Crippen molar-refractivity contribution in [2.75, 3.05) is 44.2 Å². The van der Waals surface area contributed by atoms with Gasteiger partial charge in [0.15, 0.2) is 0 Å². The highest BCUT2D eigenvalue weighted by Gasteiger charge is 2.33. The Kier molecular flexibility index (Phi) is 6.78. The lowest BCUT2D eigenvalue weighted by atomic mass is 9.99. The molecule has 1 N–H and O–H groups in total. The van der Waals surface area contributed by atoms with Crippen LogP contribution in [0, 0.1) is 5.92 Å². The van der Waals surface area contributed by atoms with Gasteiger partial charge in [-0.2, -0.15) is 16.1 Å². The molecule has 0 aromatic heterocycles. The molecule has 0 spiro atoms. The van der Waals surface area contributed by atoms with Gasteiger partial charge in [0.2, 0.25) is 21.8 Å². The van der Waals surface area contributed by atoms with Gasteiger partial charge in [-0.25, -0.2) is 8.42 Å². The first-order chi connectivity index (χ1) is 13.0. The second-order valence-corrected chi connectivity index (χ2v) is 9.89. The Hall–Kier alpha value is -1.58. The van der Waals surface area contributed by atoms with E-state index < -0.39 is 15.9 Å². The normalized spacial score (nSPS) is 21.6. The Morgan fingerprint density at radius 2 is 1.81 bits per heavy atom. The SMILES string of the molecule is O=C(NCC(=O)N1CCSCC1)[C@H]1CCCN(S(=O)(=O)c2ccccc2)C1. The number of rotatable bonds is 5. The maximum Gasteiger partial charge on any atom is 0.243 e. The van der Waals surface area contributed by atoms with Gasteiger partial charge in [0.05, 0.1) is 17.4 Å². The molecule has 0 radical (unpaired) electrons. The summed E-state index contributed by atoms with van der Waals surface area (Å²) in [5.74, 6) is 1.10. The number of amides is 2. The largest absolute Gasteiger partial charge is 0.347 e. The summed E-state index contributed by atoms with van der Waals surface area (Å²) in [5.41, 5.74) is 0. The van der Waals surface area contributed by atoms with Crippen molar-refractivity contribution in [2.45, 2.75) is 17.7 Å². The molecule has 0 saturated carbocycles. The van der Waals surface area contributed by atoms with Gasteiger partial charge < -0.3 is 10.2 Å². The van der Waals surface area contributed by atoms with E-state index >= 15 is 0 Å². The van der Waals surface area contributed by atoms with Crippen LogP contribution in [0.2, 0.25) is 0 Å². The van der Waals surface area contributed by atoms with E-state index in [4.69, 9.17) is 0 Å². The predicted molar refractivity (Wildman–Crippen MR) is 105 cm³/mol. The minimum absolute atomic E-state index is 0.0224. The van der Waals surface area contributed by atoms with Crippen molar-refractivity contribution >= 4 is 33.6 Å². The second kappa shape index (κ2) is 9.07. The van der Waals surface area contributed by atoms with E-state index in [2.05, 4.69) is 5.32 Å². The highest BCUT2D eigenvalue weighted by molar-refractivity contribution is 7.99. The lowest BCUT2D eigenvalue weighted by Crippen LogP contribution is -2.48. The molecule has 2 saturated heterocycles. The van der Waals surface area contributed by atoms with Gasteiger partial charge >= 0.3 is 0 Å². The van der Waals surface area contributed by atoms with Gasteiger partial charge in [0, 0.05) is 37.7 Å². The number of piperidine rings is 1. The molecule has 2 fully saturated rings. The molecule has 7 nitrogen and oxygen atoms in total. The van der Waals surface area contributed by atoms with Crippen molar-refractivity contribution in [3.05, 3.63) is 30.3 Å². The number of sulfonamides is 1. The predicted octanol–water partition coefficient (Wildman–Crippen LogP) is 0.779. The van der Waals surface area contributed by atoms with Crippen molar-refractivity contribution in [1.29, 1.82) is 0 Å². The third-order valence-electron chi connectivity index (χ3n) is 4.91. The number of nitrogens with one attached hydrogen (secondary N) is 1. The van der Waals surface area contributed by atoms with Crippen LogP contribution in [0.4, 0.5) is 0 Å². The summed E-state index contributed by atoms with van der Waals surface area (Å²) in [6, 6.07) is 8.27. The average molecular weight is 412 g/mol. The van der Waals surface area contributed by atoms with Crippen LogP contribution >= 0.6 is 11.8 Å². The maximum absolute atomic E-state index is 12.8. The van der Waals surface area contributed by atoms with E-state index in [1.165, 1.54) is 4.31 Å². The van der Waals surface area contributed by atoms with Gasteiger partial charge in [-0.15, -0.1) is 0 Å². The van der Waals surface area contributed by atoms with Gasteiger partial charge in [-0.05, 0) is 25.0 Å². The van der Waals surface area contributed by atoms with Gasteiger partial charge in [0.1, 0.15) is 0 Å². The lowest BCUT2D eigenvalue weighted by Gasteiger charge is -2.31. The smallest absolute Gasteiger partial charge is 0.243 e. The zero-order valence-electron chi connectivity index (χ0n) is 15.2. The van der Waals surface area contributed by atoms with Crippen LogP contribution < -0.4 is 5.32 Å². The van der Waals surface area contributed by atoms with E-state index in [9.17, 15) is 18.0 Å². The van der Waals surface area contributed by atoms with Gasteiger partial charge in [-0.1, -0.05) is 18.2 Å². The molecule has 148 valence electrons. The van der Waals surface area contributed by atoms with Crippen LogP contribution in [0.3, 0.4) is 0 Å². The summed E-state index contributed by atoms with van der Waals surface area (Å²) in [6.45, 7) is 1.96. The molecule has 0 aliphatic carbocycles. The molecular weight excluding hydrogens is 386 g/mol. The molecule has 3 rings (SSSR count). The molecule has 2 amide bonds. The fourth-order valence-electron chi connectivity index (χ4n) is 3.35. The fraction of sp³-hybridized carbons (Fsp3) is 0.556. The lowest BCUT2D eigenvalue weighted by molar-refractivity contribution is -0.134. The Morgan fingerprint density at radius 1 is 1.11 bits per heavy atom. The second-order valence-electron chi connectivity index (χ2n) is 6.73. The third-order valence-corrected chi connectivity index (χ3v) is 7.74. The summed E-state index contributed by atoms with van der Waals surface area (Å²) in [4.78, 5) is 26.7. The highest BCUT2D eigenvalue weighted by Crippen LogP contribution is 2.23. The standard InChI is InChI=1S/C18H25N3O4S2/c22-17(20-9-11-26-12-10-20)13-19-18(23)15-5-4-8-21(14-15)27(24,25)16-6-2-1-3-7-16/h1-3,6-7,15H,4-5,8-14H2,(H,19,23)/t15-/m0/s1. The Bertz CT molecular complexity index is 764. The topological polar surface area (TPSA) is 86.8 Å². The summed E-state index contributed by atoms with van der Waals surface area (Å²) in [7, 11) is -3.60. The first-order valence-electron chi connectivity index (χ1n) is 9.17. The van der Waals surface area contributed by atoms with Crippen molar-refractivity contribution in [1.82, 2.24) is 14.5 Å². The number of hydrogen-bond donors (Lipinski definition) is 1. The molecule has 0 unspecified atom stereocenters. The Morgan fingerprint density at radius 3 is 2.52 bits per heavy atom. The molecule has 1 aromatic rings. The molecule has 27 heavy (non-hydrogen) atoms. The van der Waals surface area contributed by atoms with E-state index in [1.807, 2.05) is 11.8 Å². The summed E-state index contributed by atoms with van der Waals surface area (Å²) >= 11 is 1.82. The first kappa shape index (κ1) is 20.2. The van der Waals surface area contributed by atoms with Crippen molar-refractivity contribution in [3.63, 3.8) is 0 Å². The number of hydrogen-bond acceptors (Lipinski definition) is 5. The van der Waals surface area contributed by atoms with E-state index in [-0.39, 0.29) is 29.8 Å². The van der Waals surface area contributed by atoms with Gasteiger partial charge in [-0.3, -0.25) is 9.59 Å². The minimum Gasteiger partial charge on any atom is -0.347 e. The van der Waals surface area contributed by atoms with Crippen LogP contribution in [0.15, 0.2) is 35.2 Å². The minimum atomic E-state index is -3.60. The van der Waals surface area contributed by atoms with Crippen LogP contribution in [0.25, 0.3) is 0 Å². The summed E-state index contributed by atoms with van der Waals surface area (Å²) < 4.78 is 26.9. The Labute approximate surface area is 164 Å². The Balaban J connectivity index is 1.55. The van der Waals surface area contributed by atoms with Crippen molar-refractivity contribution in [3.8, 4) is 0 Å². The number of thioether (sulfide) groups is 1. The van der Waals surface area contributed by atoms with Crippen LogP contribution in [0.1, 0.15) is 12.8 Å². The quantitative estimate of drug-likeness (QED) is 0.774. The fourth-order valence-corrected chi connectivity index (χ4v) is 5.80. The molecule has 1 aromatic carbocycles. The zero-order valence-corrected chi connectivity index (χ0v) is 16.8. The monoisotopic (exact) mass is 411 g/mol. The molecule has 1 atom stereocenters.